The largest absolute Gasteiger partial charge is 0.442 e. The molecular formula is C12H10F6O2. The quantitative estimate of drug-likeness (QED) is 0.449. The van der Waals surface area contributed by atoms with Crippen LogP contribution in [0, 0.1) is 0 Å². The molecule has 0 aliphatic heterocycles. The Balaban J connectivity index is 3.47. The zero-order chi connectivity index (χ0) is 15.8. The molecule has 0 unspecified atom stereocenters. The number of carbonyl (C=O) groups is 1. The molecule has 2 nitrogen and oxygen atoms in total. The second-order valence-electron chi connectivity index (χ2n) is 4.14. The molecule has 0 atom stereocenters. The normalized spacial score (nSPS) is 16.1. The van der Waals surface area contributed by atoms with Gasteiger partial charge in [0.15, 0.2) is 0 Å². The monoisotopic (exact) mass is 300 g/mol. The second kappa shape index (κ2) is 4.99. The molecule has 0 fully saturated rings. The van der Waals surface area contributed by atoms with Crippen LogP contribution in [-0.2, 0) is 9.53 Å². The van der Waals surface area contributed by atoms with Crippen LogP contribution >= 0.6 is 0 Å². The minimum absolute atomic E-state index is 0.103. The maximum absolute atomic E-state index is 13.0. The van der Waals surface area contributed by atoms with Crippen LogP contribution in [0.2, 0.25) is 0 Å². The highest BCUT2D eigenvalue weighted by molar-refractivity contribution is 5.87. The van der Waals surface area contributed by atoms with E-state index in [1.165, 1.54) is 0 Å². The molecule has 1 aliphatic carbocycles. The van der Waals surface area contributed by atoms with E-state index in [-0.39, 0.29) is 6.42 Å². The first-order chi connectivity index (χ1) is 8.93. The van der Waals surface area contributed by atoms with E-state index in [9.17, 15) is 31.1 Å². The number of esters is 1. The molecule has 0 saturated heterocycles. The number of ether oxygens (including phenoxy) is 1. The standard InChI is InChI=1S/C12H10F6O2/c1-7(2)9(19)20-10(11(13,14)15,12(16,17)18)8-5-3-4-6-8/h3,5-6H,1,4H2,2H3. The third-order valence-corrected chi connectivity index (χ3v) is 2.57. The fraction of sp³-hybridized carbons (Fsp3) is 0.417. The van der Waals surface area contributed by atoms with Crippen molar-refractivity contribution >= 4 is 5.97 Å². The van der Waals surface area contributed by atoms with Gasteiger partial charge < -0.3 is 4.74 Å². The molecule has 8 heteroatoms. The molecule has 0 N–H and O–H groups in total. The lowest BCUT2D eigenvalue weighted by atomic mass is 9.92. The zero-order valence-electron chi connectivity index (χ0n) is 10.2. The third kappa shape index (κ3) is 2.59. The molecule has 0 saturated carbocycles. The van der Waals surface area contributed by atoms with Crippen LogP contribution in [-0.4, -0.2) is 23.9 Å². The van der Waals surface area contributed by atoms with Crippen LogP contribution in [0.15, 0.2) is 36.0 Å². The van der Waals surface area contributed by atoms with Gasteiger partial charge in [-0.1, -0.05) is 24.8 Å². The fourth-order valence-electron chi connectivity index (χ4n) is 1.61. The van der Waals surface area contributed by atoms with Crippen LogP contribution in [0.5, 0.6) is 0 Å². The van der Waals surface area contributed by atoms with Crippen molar-refractivity contribution < 1.29 is 35.9 Å². The van der Waals surface area contributed by atoms with Crippen molar-refractivity contribution in [2.24, 2.45) is 0 Å². The average Bonchev–Trinajstić information content (AvgIpc) is 2.74. The van der Waals surface area contributed by atoms with E-state index in [1.807, 2.05) is 0 Å². The lowest BCUT2D eigenvalue weighted by Crippen LogP contribution is -2.60. The van der Waals surface area contributed by atoms with Gasteiger partial charge in [0.1, 0.15) is 0 Å². The Kier molecular flexibility index (Phi) is 4.07. The minimum atomic E-state index is -5.85. The Hall–Kier alpha value is -1.73. The van der Waals surface area contributed by atoms with Crippen molar-refractivity contribution in [1.29, 1.82) is 0 Å². The van der Waals surface area contributed by atoms with E-state index < -0.39 is 35.1 Å². The number of halogens is 6. The smallest absolute Gasteiger partial charge is 0.431 e. The van der Waals surface area contributed by atoms with Crippen molar-refractivity contribution in [3.63, 3.8) is 0 Å². The van der Waals surface area contributed by atoms with Crippen molar-refractivity contribution in [2.75, 3.05) is 0 Å². The van der Waals surface area contributed by atoms with E-state index in [0.29, 0.717) is 12.2 Å². The van der Waals surface area contributed by atoms with Gasteiger partial charge in [0.2, 0.25) is 0 Å². The summed E-state index contributed by atoms with van der Waals surface area (Å²) in [5, 5.41) is 0. The molecule has 0 aromatic rings. The number of hydrogen-bond acceptors (Lipinski definition) is 2. The predicted molar refractivity (Wildman–Crippen MR) is 57.6 cm³/mol. The number of allylic oxidation sites excluding steroid dienone is 2. The Morgan fingerprint density at radius 2 is 1.70 bits per heavy atom. The van der Waals surface area contributed by atoms with Crippen molar-refractivity contribution in [3.8, 4) is 0 Å². The van der Waals surface area contributed by atoms with Gasteiger partial charge in [-0.05, 0) is 13.3 Å². The lowest BCUT2D eigenvalue weighted by molar-refractivity contribution is -0.352. The van der Waals surface area contributed by atoms with Crippen LogP contribution in [0.3, 0.4) is 0 Å². The van der Waals surface area contributed by atoms with Gasteiger partial charge in [0.25, 0.3) is 0 Å². The predicted octanol–water partition coefficient (Wildman–Crippen LogP) is 3.86. The Labute approximate surface area is 110 Å². The van der Waals surface area contributed by atoms with Crippen LogP contribution in [0.4, 0.5) is 26.3 Å². The van der Waals surface area contributed by atoms with Gasteiger partial charge in [-0.3, -0.25) is 0 Å². The van der Waals surface area contributed by atoms with Crippen molar-refractivity contribution in [1.82, 2.24) is 0 Å². The first kappa shape index (κ1) is 16.3. The lowest BCUT2D eigenvalue weighted by Gasteiger charge is -2.37. The highest BCUT2D eigenvalue weighted by atomic mass is 19.4. The van der Waals surface area contributed by atoms with Gasteiger partial charge in [-0.25, -0.2) is 4.79 Å². The van der Waals surface area contributed by atoms with Gasteiger partial charge in [-0.2, -0.15) is 26.3 Å². The van der Waals surface area contributed by atoms with Gasteiger partial charge in [0, 0.05) is 11.1 Å². The molecule has 112 valence electrons. The Bertz CT molecular complexity index is 467. The van der Waals surface area contributed by atoms with Crippen molar-refractivity contribution in [2.45, 2.75) is 31.3 Å². The molecule has 0 aromatic carbocycles. The van der Waals surface area contributed by atoms with Gasteiger partial charge >= 0.3 is 23.9 Å². The summed E-state index contributed by atoms with van der Waals surface area (Å²) < 4.78 is 82.1. The summed E-state index contributed by atoms with van der Waals surface area (Å²) in [5.74, 6) is -1.76. The third-order valence-electron chi connectivity index (χ3n) is 2.57. The number of alkyl halides is 6. The molecule has 0 aromatic heterocycles. The first-order valence-electron chi connectivity index (χ1n) is 5.33. The molecule has 0 bridgehead atoms. The summed E-state index contributed by atoms with van der Waals surface area (Å²) in [6, 6.07) is 0. The Morgan fingerprint density at radius 3 is 2.00 bits per heavy atom. The van der Waals surface area contributed by atoms with Crippen molar-refractivity contribution in [3.05, 3.63) is 36.0 Å². The Morgan fingerprint density at radius 1 is 1.20 bits per heavy atom. The fourth-order valence-corrected chi connectivity index (χ4v) is 1.61. The SMILES string of the molecule is C=C(C)C(=O)OC(C1=CCC=C1)(C(F)(F)F)C(F)(F)F. The van der Waals surface area contributed by atoms with E-state index in [4.69, 9.17) is 0 Å². The zero-order valence-corrected chi connectivity index (χ0v) is 10.2. The van der Waals surface area contributed by atoms with E-state index >= 15 is 0 Å². The summed E-state index contributed by atoms with van der Waals surface area (Å²) in [6.45, 7) is 3.94. The molecule has 1 rings (SSSR count). The number of rotatable bonds is 3. The molecular weight excluding hydrogens is 290 g/mol. The molecule has 1 aliphatic rings. The topological polar surface area (TPSA) is 26.3 Å². The molecule has 0 radical (unpaired) electrons. The van der Waals surface area contributed by atoms with E-state index in [1.54, 1.807) is 0 Å². The molecule has 0 amide bonds. The maximum Gasteiger partial charge on any atom is 0.442 e. The molecule has 0 spiro atoms. The van der Waals surface area contributed by atoms with E-state index in [0.717, 1.165) is 13.0 Å². The summed E-state index contributed by atoms with van der Waals surface area (Å²) in [5.41, 5.74) is -6.40. The number of carbonyl (C=O) groups excluding carboxylic acids is 1. The van der Waals surface area contributed by atoms with Gasteiger partial charge in [0.05, 0.1) is 0 Å². The summed E-state index contributed by atoms with van der Waals surface area (Å²) in [7, 11) is 0. The molecule has 20 heavy (non-hydrogen) atoms. The number of hydrogen-bond donors (Lipinski definition) is 0. The second-order valence-corrected chi connectivity index (χ2v) is 4.14. The highest BCUT2D eigenvalue weighted by Crippen LogP contribution is 2.51. The minimum Gasteiger partial charge on any atom is -0.431 e. The summed E-state index contributed by atoms with van der Waals surface area (Å²) >= 11 is 0. The summed E-state index contributed by atoms with van der Waals surface area (Å²) in [4.78, 5) is 11.2. The average molecular weight is 300 g/mol. The van der Waals surface area contributed by atoms with Crippen LogP contribution in [0.1, 0.15) is 13.3 Å². The maximum atomic E-state index is 13.0. The van der Waals surface area contributed by atoms with E-state index in [2.05, 4.69) is 11.3 Å². The highest BCUT2D eigenvalue weighted by Gasteiger charge is 2.75. The first-order valence-corrected chi connectivity index (χ1v) is 5.33. The summed E-state index contributed by atoms with van der Waals surface area (Å²) in [6.07, 6.45) is -9.34. The van der Waals surface area contributed by atoms with Crippen LogP contribution < -0.4 is 0 Å². The van der Waals surface area contributed by atoms with Gasteiger partial charge in [-0.15, -0.1) is 0 Å². The van der Waals surface area contributed by atoms with Crippen LogP contribution in [0.25, 0.3) is 0 Å². The molecule has 0 heterocycles.